The second-order valence-electron chi connectivity index (χ2n) is 4.02. The molecule has 2 rings (SSSR count). The number of nitrogens with zero attached hydrogens (tertiary/aromatic N) is 2. The molecule has 2 aromatic rings. The Hall–Kier alpha value is -2.11. The van der Waals surface area contributed by atoms with Crippen molar-refractivity contribution in [3.8, 4) is 0 Å². The van der Waals surface area contributed by atoms with Gasteiger partial charge in [0.15, 0.2) is 5.69 Å². The molecule has 7 heteroatoms. The monoisotopic (exact) mass is 322 g/mol. The van der Waals surface area contributed by atoms with Gasteiger partial charge in [0, 0.05) is 6.54 Å². The molecule has 5 nitrogen and oxygen atoms in total. The smallest absolute Gasteiger partial charge is 0.276 e. The fourth-order valence-electron chi connectivity index (χ4n) is 1.52. The standard InChI is InChI=1S/C14H12Cl2N4O/c1-2-8-17-12-7-6-11(19-20-12)14(21)18-13-9(15)4-3-5-10(13)16/h2-7H,1,8H2,(H,17,20)(H,18,21). The molecule has 0 atom stereocenters. The summed E-state index contributed by atoms with van der Waals surface area (Å²) in [5.74, 6) is 0.120. The first-order valence-corrected chi connectivity index (χ1v) is 6.81. The molecular formula is C14H12Cl2N4O. The largest absolute Gasteiger partial charge is 0.365 e. The Morgan fingerprint density at radius 3 is 2.48 bits per heavy atom. The van der Waals surface area contributed by atoms with E-state index < -0.39 is 5.91 Å². The first-order chi connectivity index (χ1) is 10.1. The summed E-state index contributed by atoms with van der Waals surface area (Å²) in [6, 6.07) is 8.17. The van der Waals surface area contributed by atoms with Crippen LogP contribution >= 0.6 is 23.2 Å². The van der Waals surface area contributed by atoms with Crippen molar-refractivity contribution in [2.75, 3.05) is 17.2 Å². The van der Waals surface area contributed by atoms with E-state index in [-0.39, 0.29) is 5.69 Å². The lowest BCUT2D eigenvalue weighted by Crippen LogP contribution is -2.15. The Kier molecular flexibility index (Phi) is 5.14. The van der Waals surface area contributed by atoms with E-state index in [9.17, 15) is 4.79 Å². The van der Waals surface area contributed by atoms with Gasteiger partial charge in [0.1, 0.15) is 5.82 Å². The molecule has 0 aliphatic heterocycles. The lowest BCUT2D eigenvalue weighted by Gasteiger charge is -2.08. The third-order valence-corrected chi connectivity index (χ3v) is 3.16. The van der Waals surface area contributed by atoms with Gasteiger partial charge in [0.05, 0.1) is 15.7 Å². The summed E-state index contributed by atoms with van der Waals surface area (Å²) in [6.07, 6.45) is 1.70. The maximum atomic E-state index is 12.1. The Morgan fingerprint density at radius 1 is 1.19 bits per heavy atom. The van der Waals surface area contributed by atoms with Gasteiger partial charge in [0.2, 0.25) is 0 Å². The van der Waals surface area contributed by atoms with Gasteiger partial charge in [-0.1, -0.05) is 35.3 Å². The fraction of sp³-hybridized carbons (Fsp3) is 0.0714. The second kappa shape index (κ2) is 7.06. The van der Waals surface area contributed by atoms with Crippen molar-refractivity contribution in [1.29, 1.82) is 0 Å². The number of carbonyl (C=O) groups excluding carboxylic acids is 1. The van der Waals surface area contributed by atoms with Crippen LogP contribution < -0.4 is 10.6 Å². The van der Waals surface area contributed by atoms with Crippen LogP contribution in [0.5, 0.6) is 0 Å². The predicted octanol–water partition coefficient (Wildman–Crippen LogP) is 3.63. The third kappa shape index (κ3) is 3.93. The van der Waals surface area contributed by atoms with Crippen molar-refractivity contribution in [3.63, 3.8) is 0 Å². The molecule has 0 aliphatic rings. The van der Waals surface area contributed by atoms with E-state index in [4.69, 9.17) is 23.2 Å². The van der Waals surface area contributed by atoms with Crippen molar-refractivity contribution in [1.82, 2.24) is 10.2 Å². The van der Waals surface area contributed by atoms with Gasteiger partial charge in [-0.2, -0.15) is 0 Å². The van der Waals surface area contributed by atoms with Crippen molar-refractivity contribution in [3.05, 3.63) is 58.7 Å². The Labute approximate surface area is 132 Å². The van der Waals surface area contributed by atoms with Gasteiger partial charge >= 0.3 is 0 Å². The zero-order chi connectivity index (χ0) is 15.2. The molecule has 1 amide bonds. The molecule has 1 heterocycles. The molecule has 0 fully saturated rings. The van der Waals surface area contributed by atoms with Crippen LogP contribution in [0.3, 0.4) is 0 Å². The quantitative estimate of drug-likeness (QED) is 0.825. The van der Waals surface area contributed by atoms with Crippen molar-refractivity contribution >= 4 is 40.6 Å². The van der Waals surface area contributed by atoms with Gasteiger partial charge in [0.25, 0.3) is 5.91 Å². The molecule has 108 valence electrons. The second-order valence-corrected chi connectivity index (χ2v) is 4.84. The predicted molar refractivity (Wildman–Crippen MR) is 85.1 cm³/mol. The lowest BCUT2D eigenvalue weighted by molar-refractivity contribution is 0.102. The Balaban J connectivity index is 2.11. The highest BCUT2D eigenvalue weighted by atomic mass is 35.5. The molecule has 0 bridgehead atoms. The van der Waals surface area contributed by atoms with Crippen LogP contribution in [0.4, 0.5) is 11.5 Å². The average Bonchev–Trinajstić information content (AvgIpc) is 2.49. The summed E-state index contributed by atoms with van der Waals surface area (Å²) < 4.78 is 0. The van der Waals surface area contributed by atoms with Crippen molar-refractivity contribution in [2.45, 2.75) is 0 Å². The van der Waals surface area contributed by atoms with E-state index >= 15 is 0 Å². The summed E-state index contributed by atoms with van der Waals surface area (Å²) in [5.41, 5.74) is 0.511. The molecular weight excluding hydrogens is 311 g/mol. The number of amides is 1. The molecule has 0 spiro atoms. The summed E-state index contributed by atoms with van der Waals surface area (Å²) in [5, 5.41) is 14.0. The molecule has 0 saturated heterocycles. The van der Waals surface area contributed by atoms with Crippen LogP contribution in [0, 0.1) is 0 Å². The van der Waals surface area contributed by atoms with Crippen LogP contribution in [0.25, 0.3) is 0 Å². The number of carbonyl (C=O) groups is 1. The summed E-state index contributed by atoms with van der Waals surface area (Å²) in [7, 11) is 0. The third-order valence-electron chi connectivity index (χ3n) is 2.53. The summed E-state index contributed by atoms with van der Waals surface area (Å²) >= 11 is 12.0. The van der Waals surface area contributed by atoms with Crippen LogP contribution in [-0.4, -0.2) is 22.6 Å². The number of anilines is 2. The Bertz CT molecular complexity index is 638. The van der Waals surface area contributed by atoms with Crippen LogP contribution in [-0.2, 0) is 0 Å². The molecule has 0 unspecified atom stereocenters. The molecule has 0 saturated carbocycles. The van der Waals surface area contributed by atoms with Crippen LogP contribution in [0.1, 0.15) is 10.5 Å². The van der Waals surface area contributed by atoms with Gasteiger partial charge in [-0.15, -0.1) is 16.8 Å². The number of hydrogen-bond donors (Lipinski definition) is 2. The molecule has 2 N–H and O–H groups in total. The molecule has 1 aromatic heterocycles. The van der Waals surface area contributed by atoms with Gasteiger partial charge < -0.3 is 10.6 Å². The molecule has 0 aliphatic carbocycles. The summed E-state index contributed by atoms with van der Waals surface area (Å²) in [4.78, 5) is 12.1. The minimum Gasteiger partial charge on any atom is -0.365 e. The average molecular weight is 323 g/mol. The van der Waals surface area contributed by atoms with Crippen molar-refractivity contribution in [2.24, 2.45) is 0 Å². The molecule has 21 heavy (non-hydrogen) atoms. The number of hydrogen-bond acceptors (Lipinski definition) is 4. The first kappa shape index (κ1) is 15.3. The maximum absolute atomic E-state index is 12.1. The normalized spacial score (nSPS) is 10.0. The number of halogens is 2. The van der Waals surface area contributed by atoms with E-state index in [1.165, 1.54) is 0 Å². The zero-order valence-electron chi connectivity index (χ0n) is 10.9. The van der Waals surface area contributed by atoms with E-state index in [2.05, 4.69) is 27.4 Å². The minimum absolute atomic E-state index is 0.162. The van der Waals surface area contributed by atoms with E-state index in [1.807, 2.05) is 0 Å². The minimum atomic E-state index is -0.437. The van der Waals surface area contributed by atoms with Crippen LogP contribution in [0.2, 0.25) is 10.0 Å². The fourth-order valence-corrected chi connectivity index (χ4v) is 2.01. The van der Waals surface area contributed by atoms with Gasteiger partial charge in [-0.3, -0.25) is 4.79 Å². The van der Waals surface area contributed by atoms with E-state index in [1.54, 1.807) is 36.4 Å². The SMILES string of the molecule is C=CCNc1ccc(C(=O)Nc2c(Cl)cccc2Cl)nn1. The topological polar surface area (TPSA) is 66.9 Å². The van der Waals surface area contributed by atoms with Crippen LogP contribution in [0.15, 0.2) is 43.0 Å². The highest BCUT2D eigenvalue weighted by Gasteiger charge is 2.13. The number of rotatable bonds is 5. The summed E-state index contributed by atoms with van der Waals surface area (Å²) in [6.45, 7) is 4.15. The van der Waals surface area contributed by atoms with Gasteiger partial charge in [-0.05, 0) is 24.3 Å². The molecule has 1 aromatic carbocycles. The first-order valence-electron chi connectivity index (χ1n) is 6.05. The Morgan fingerprint density at radius 2 is 1.90 bits per heavy atom. The zero-order valence-corrected chi connectivity index (χ0v) is 12.4. The number of aromatic nitrogens is 2. The number of para-hydroxylation sites is 1. The van der Waals surface area contributed by atoms with Crippen molar-refractivity contribution < 1.29 is 4.79 Å². The highest BCUT2D eigenvalue weighted by Crippen LogP contribution is 2.30. The number of nitrogens with one attached hydrogen (secondary N) is 2. The number of benzene rings is 1. The van der Waals surface area contributed by atoms with E-state index in [0.29, 0.717) is 28.1 Å². The maximum Gasteiger partial charge on any atom is 0.276 e. The molecule has 0 radical (unpaired) electrons. The van der Waals surface area contributed by atoms with E-state index in [0.717, 1.165) is 0 Å². The van der Waals surface area contributed by atoms with Gasteiger partial charge in [-0.25, -0.2) is 0 Å². The highest BCUT2D eigenvalue weighted by molar-refractivity contribution is 6.39. The lowest BCUT2D eigenvalue weighted by atomic mass is 10.3.